The molecule has 1 aromatic carbocycles. The number of amides is 1. The largest absolute Gasteiger partial charge is 0.406 e. The molecule has 24 heavy (non-hydrogen) atoms. The molecular weight excluding hydrogens is 327 g/mol. The highest BCUT2D eigenvalue weighted by Crippen LogP contribution is 2.25. The van der Waals surface area contributed by atoms with Gasteiger partial charge < -0.3 is 0 Å². The van der Waals surface area contributed by atoms with Crippen LogP contribution in [0.1, 0.15) is 15.9 Å². The van der Waals surface area contributed by atoms with E-state index in [9.17, 15) is 28.1 Å². The lowest BCUT2D eigenvalue weighted by atomic mass is 10.1. The summed E-state index contributed by atoms with van der Waals surface area (Å²) in [7, 11) is 0. The second kappa shape index (κ2) is 6.65. The third kappa shape index (κ3) is 4.06. The van der Waals surface area contributed by atoms with Crippen molar-refractivity contribution in [3.05, 3.63) is 63.8 Å². The highest BCUT2D eigenvalue weighted by Gasteiger charge is 2.35. The fraction of sp³-hybridized carbons (Fsp3) is 0.200. The predicted octanol–water partition coefficient (Wildman–Crippen LogP) is 3.51. The van der Waals surface area contributed by atoms with Crippen molar-refractivity contribution >= 4 is 17.4 Å². The third-order valence-electron chi connectivity index (χ3n) is 3.17. The highest BCUT2D eigenvalue weighted by atomic mass is 19.4. The minimum Gasteiger partial charge on any atom is -0.283 e. The van der Waals surface area contributed by atoms with E-state index in [-0.39, 0.29) is 17.1 Å². The molecule has 0 aliphatic carbocycles. The first-order valence-electron chi connectivity index (χ1n) is 6.74. The molecule has 126 valence electrons. The molecule has 6 nitrogen and oxygen atoms in total. The second-order valence-electron chi connectivity index (χ2n) is 4.95. The monoisotopic (exact) mass is 339 g/mol. The third-order valence-corrected chi connectivity index (χ3v) is 3.17. The minimum absolute atomic E-state index is 0.181. The fourth-order valence-electron chi connectivity index (χ4n) is 2.05. The number of halogens is 3. The molecule has 0 aliphatic heterocycles. The lowest BCUT2D eigenvalue weighted by molar-refractivity contribution is -0.384. The molecule has 0 unspecified atom stereocenters. The Morgan fingerprint density at radius 3 is 2.54 bits per heavy atom. The van der Waals surface area contributed by atoms with Crippen molar-refractivity contribution in [2.75, 3.05) is 11.4 Å². The van der Waals surface area contributed by atoms with Crippen molar-refractivity contribution in [3.63, 3.8) is 0 Å². The summed E-state index contributed by atoms with van der Waals surface area (Å²) in [5.41, 5.74) is -0.232. The summed E-state index contributed by atoms with van der Waals surface area (Å²) in [5.74, 6) is -1.20. The Kier molecular flexibility index (Phi) is 4.82. The van der Waals surface area contributed by atoms with Crippen molar-refractivity contribution in [1.29, 1.82) is 0 Å². The van der Waals surface area contributed by atoms with Gasteiger partial charge in [0.2, 0.25) is 0 Å². The van der Waals surface area contributed by atoms with Crippen LogP contribution in [-0.4, -0.2) is 28.5 Å². The van der Waals surface area contributed by atoms with Crippen molar-refractivity contribution in [1.82, 2.24) is 4.98 Å². The standard InChI is InChI=1S/C15H12F3N3O3/c1-10-5-6-11(21(23)24)8-12(10)14(22)20(9-15(16,17)18)13-4-2-3-7-19-13/h2-8H,9H2,1H3. The number of pyridine rings is 1. The summed E-state index contributed by atoms with van der Waals surface area (Å²) in [6.07, 6.45) is -3.39. The fourth-order valence-corrected chi connectivity index (χ4v) is 2.05. The van der Waals surface area contributed by atoms with Gasteiger partial charge in [-0.2, -0.15) is 13.2 Å². The van der Waals surface area contributed by atoms with Gasteiger partial charge in [-0.05, 0) is 24.6 Å². The molecule has 2 aromatic rings. The number of nitro benzene ring substituents is 1. The number of nitrogens with zero attached hydrogens (tertiary/aromatic N) is 3. The van der Waals surface area contributed by atoms with E-state index in [4.69, 9.17) is 0 Å². The van der Waals surface area contributed by atoms with E-state index in [1.165, 1.54) is 43.5 Å². The first kappa shape index (κ1) is 17.4. The van der Waals surface area contributed by atoms with Crippen LogP contribution in [0.3, 0.4) is 0 Å². The lowest BCUT2D eigenvalue weighted by Gasteiger charge is -2.23. The highest BCUT2D eigenvalue weighted by molar-refractivity contribution is 6.07. The van der Waals surface area contributed by atoms with Crippen LogP contribution in [0.4, 0.5) is 24.7 Å². The van der Waals surface area contributed by atoms with Crippen LogP contribution in [-0.2, 0) is 0 Å². The molecule has 0 radical (unpaired) electrons. The van der Waals surface area contributed by atoms with E-state index in [1.54, 1.807) is 0 Å². The molecule has 0 bridgehead atoms. The van der Waals surface area contributed by atoms with Crippen LogP contribution in [0.15, 0.2) is 42.6 Å². The average Bonchev–Trinajstić information content (AvgIpc) is 2.52. The number of hydrogen-bond acceptors (Lipinski definition) is 4. The van der Waals surface area contributed by atoms with Gasteiger partial charge in [-0.1, -0.05) is 12.1 Å². The van der Waals surface area contributed by atoms with E-state index in [0.29, 0.717) is 10.5 Å². The first-order chi connectivity index (χ1) is 11.2. The Bertz CT molecular complexity index is 764. The molecule has 0 saturated carbocycles. The molecule has 1 heterocycles. The zero-order chi connectivity index (χ0) is 17.9. The van der Waals surface area contributed by atoms with E-state index in [2.05, 4.69) is 4.98 Å². The zero-order valence-electron chi connectivity index (χ0n) is 12.4. The van der Waals surface area contributed by atoms with Gasteiger partial charge >= 0.3 is 6.18 Å². The minimum atomic E-state index is -4.65. The molecule has 0 atom stereocenters. The molecule has 2 rings (SSSR count). The number of carbonyl (C=O) groups is 1. The topological polar surface area (TPSA) is 76.3 Å². The van der Waals surface area contributed by atoms with Gasteiger partial charge in [0.25, 0.3) is 11.6 Å². The van der Waals surface area contributed by atoms with Gasteiger partial charge in [-0.15, -0.1) is 0 Å². The molecule has 0 fully saturated rings. The van der Waals surface area contributed by atoms with Crippen molar-refractivity contribution in [3.8, 4) is 0 Å². The quantitative estimate of drug-likeness (QED) is 0.631. The van der Waals surface area contributed by atoms with Crippen molar-refractivity contribution in [2.45, 2.75) is 13.1 Å². The van der Waals surface area contributed by atoms with Gasteiger partial charge in [0.05, 0.1) is 4.92 Å². The van der Waals surface area contributed by atoms with Gasteiger partial charge in [0.1, 0.15) is 12.4 Å². The summed E-state index contributed by atoms with van der Waals surface area (Å²) >= 11 is 0. The first-order valence-corrected chi connectivity index (χ1v) is 6.74. The smallest absolute Gasteiger partial charge is 0.283 e. The molecule has 9 heteroatoms. The summed E-state index contributed by atoms with van der Waals surface area (Å²) in [5, 5.41) is 10.8. The van der Waals surface area contributed by atoms with E-state index in [0.717, 1.165) is 6.07 Å². The lowest BCUT2D eigenvalue weighted by Crippen LogP contribution is -2.40. The Morgan fingerprint density at radius 1 is 1.29 bits per heavy atom. The van der Waals surface area contributed by atoms with Crippen LogP contribution >= 0.6 is 0 Å². The average molecular weight is 339 g/mol. The zero-order valence-corrected chi connectivity index (χ0v) is 12.4. The number of carbonyl (C=O) groups excluding carboxylic acids is 1. The Labute approximate surface area is 134 Å². The molecular formula is C15H12F3N3O3. The number of aryl methyl sites for hydroxylation is 1. The maximum atomic E-state index is 12.8. The molecule has 0 N–H and O–H groups in total. The van der Waals surface area contributed by atoms with E-state index < -0.39 is 23.6 Å². The number of hydrogen-bond donors (Lipinski definition) is 0. The number of alkyl halides is 3. The van der Waals surface area contributed by atoms with Crippen LogP contribution in [0, 0.1) is 17.0 Å². The Morgan fingerprint density at radius 2 is 2.00 bits per heavy atom. The Balaban J connectivity index is 2.49. The molecule has 0 spiro atoms. The number of non-ortho nitro benzene ring substituents is 1. The van der Waals surface area contributed by atoms with Crippen molar-refractivity contribution in [2.24, 2.45) is 0 Å². The number of rotatable bonds is 4. The van der Waals surface area contributed by atoms with Crippen LogP contribution < -0.4 is 4.90 Å². The van der Waals surface area contributed by atoms with Crippen LogP contribution in [0.5, 0.6) is 0 Å². The normalized spacial score (nSPS) is 11.2. The van der Waals surface area contributed by atoms with Crippen LogP contribution in [0.2, 0.25) is 0 Å². The number of anilines is 1. The maximum absolute atomic E-state index is 12.8. The van der Waals surface area contributed by atoms with Gasteiger partial charge in [-0.3, -0.25) is 19.8 Å². The van der Waals surface area contributed by atoms with Crippen molar-refractivity contribution < 1.29 is 22.9 Å². The number of benzene rings is 1. The van der Waals surface area contributed by atoms with Gasteiger partial charge in [0.15, 0.2) is 0 Å². The molecule has 0 aliphatic rings. The predicted molar refractivity (Wildman–Crippen MR) is 79.8 cm³/mol. The number of nitro groups is 1. The molecule has 0 saturated heterocycles. The summed E-state index contributed by atoms with van der Waals surface area (Å²) in [6.45, 7) is -0.0634. The second-order valence-corrected chi connectivity index (χ2v) is 4.95. The summed E-state index contributed by atoms with van der Waals surface area (Å²) in [6, 6.07) is 7.66. The molecule has 1 amide bonds. The maximum Gasteiger partial charge on any atom is 0.406 e. The van der Waals surface area contributed by atoms with Gasteiger partial charge in [0, 0.05) is 23.9 Å². The molecule has 1 aromatic heterocycles. The number of aromatic nitrogens is 1. The van der Waals surface area contributed by atoms with E-state index >= 15 is 0 Å². The Hall–Kier alpha value is -2.97. The van der Waals surface area contributed by atoms with Gasteiger partial charge in [-0.25, -0.2) is 4.98 Å². The van der Waals surface area contributed by atoms with Crippen LogP contribution in [0.25, 0.3) is 0 Å². The SMILES string of the molecule is Cc1ccc([N+](=O)[O-])cc1C(=O)N(CC(F)(F)F)c1ccccn1. The summed E-state index contributed by atoms with van der Waals surface area (Å²) in [4.78, 5) is 26.9. The van der Waals surface area contributed by atoms with E-state index in [1.807, 2.05) is 0 Å². The summed E-state index contributed by atoms with van der Waals surface area (Å²) < 4.78 is 38.5.